The van der Waals surface area contributed by atoms with E-state index in [1.807, 2.05) is 12.5 Å². The van der Waals surface area contributed by atoms with Crippen LogP contribution in [0.25, 0.3) is 0 Å². The zero-order valence-corrected chi connectivity index (χ0v) is 12.7. The molecule has 2 fully saturated rings. The van der Waals surface area contributed by atoms with E-state index in [-0.39, 0.29) is 0 Å². The van der Waals surface area contributed by atoms with E-state index in [1.165, 1.54) is 57.4 Å². The molecule has 2 aliphatic rings. The monoisotopic (exact) mass is 276 g/mol. The Bertz CT molecular complexity index is 408. The maximum absolute atomic E-state index is 4.33. The van der Waals surface area contributed by atoms with Crippen LogP contribution in [0, 0.1) is 5.92 Å². The van der Waals surface area contributed by atoms with Crippen LogP contribution >= 0.6 is 0 Å². The van der Waals surface area contributed by atoms with Gasteiger partial charge >= 0.3 is 0 Å². The van der Waals surface area contributed by atoms with Gasteiger partial charge in [0.15, 0.2) is 0 Å². The van der Waals surface area contributed by atoms with Crippen molar-refractivity contribution < 1.29 is 0 Å². The van der Waals surface area contributed by atoms with Gasteiger partial charge in [-0.2, -0.15) is 0 Å². The number of hydrogen-bond donors (Lipinski definition) is 1. The number of imidazole rings is 1. The van der Waals surface area contributed by atoms with E-state index in [4.69, 9.17) is 0 Å². The molecule has 4 heteroatoms. The van der Waals surface area contributed by atoms with Crippen LogP contribution in [-0.2, 0) is 13.1 Å². The molecule has 0 saturated carbocycles. The van der Waals surface area contributed by atoms with Crippen molar-refractivity contribution in [3.63, 3.8) is 0 Å². The van der Waals surface area contributed by atoms with Gasteiger partial charge in [0.05, 0.1) is 12.0 Å². The Morgan fingerprint density at radius 2 is 2.30 bits per heavy atom. The highest BCUT2D eigenvalue weighted by Gasteiger charge is 2.29. The van der Waals surface area contributed by atoms with Gasteiger partial charge in [-0.1, -0.05) is 6.92 Å². The van der Waals surface area contributed by atoms with Gasteiger partial charge < -0.3 is 9.88 Å². The number of hydrogen-bond acceptors (Lipinski definition) is 3. The number of aromatic nitrogens is 2. The van der Waals surface area contributed by atoms with E-state index in [1.54, 1.807) is 0 Å². The molecule has 3 heterocycles. The second kappa shape index (κ2) is 6.72. The predicted molar refractivity (Wildman–Crippen MR) is 81.5 cm³/mol. The summed E-state index contributed by atoms with van der Waals surface area (Å²) in [6.07, 6.45) is 10.7. The lowest BCUT2D eigenvalue weighted by Crippen LogP contribution is -2.43. The summed E-state index contributed by atoms with van der Waals surface area (Å²) in [4.78, 5) is 6.96. The van der Waals surface area contributed by atoms with Gasteiger partial charge in [0, 0.05) is 31.9 Å². The molecule has 0 radical (unpaired) electrons. The first kappa shape index (κ1) is 14.1. The number of nitrogens with one attached hydrogen (secondary N) is 1. The zero-order valence-electron chi connectivity index (χ0n) is 12.7. The summed E-state index contributed by atoms with van der Waals surface area (Å²) in [6, 6.07) is 0.776. The van der Waals surface area contributed by atoms with E-state index in [0.29, 0.717) is 0 Å². The lowest BCUT2D eigenvalue weighted by molar-refractivity contribution is 0.142. The van der Waals surface area contributed by atoms with Crippen molar-refractivity contribution >= 4 is 0 Å². The molecule has 0 aromatic carbocycles. The second-order valence-electron chi connectivity index (χ2n) is 6.42. The highest BCUT2D eigenvalue weighted by molar-refractivity contribution is 4.99. The molecule has 1 aromatic heterocycles. The Balaban J connectivity index is 1.57. The molecule has 0 spiro atoms. The van der Waals surface area contributed by atoms with E-state index in [9.17, 15) is 0 Å². The maximum atomic E-state index is 4.33. The SMILES string of the molecule is CCCn1cncc1CN1CCCC(C2CCCN2)C1. The Kier molecular flexibility index (Phi) is 4.73. The third-order valence-corrected chi connectivity index (χ3v) is 4.86. The molecular weight excluding hydrogens is 248 g/mol. The first-order chi connectivity index (χ1) is 9.86. The van der Waals surface area contributed by atoms with Crippen molar-refractivity contribution in [1.29, 1.82) is 0 Å². The van der Waals surface area contributed by atoms with Gasteiger partial charge in [-0.15, -0.1) is 0 Å². The molecule has 20 heavy (non-hydrogen) atoms. The Morgan fingerprint density at radius 1 is 1.35 bits per heavy atom. The van der Waals surface area contributed by atoms with E-state index in [0.717, 1.165) is 25.0 Å². The normalized spacial score (nSPS) is 28.1. The van der Waals surface area contributed by atoms with Crippen LogP contribution in [0.3, 0.4) is 0 Å². The highest BCUT2D eigenvalue weighted by Crippen LogP contribution is 2.25. The van der Waals surface area contributed by atoms with Crippen molar-refractivity contribution in [3.8, 4) is 0 Å². The zero-order chi connectivity index (χ0) is 13.8. The summed E-state index contributed by atoms with van der Waals surface area (Å²) in [5, 5.41) is 3.69. The number of nitrogens with zero attached hydrogens (tertiary/aromatic N) is 3. The largest absolute Gasteiger partial charge is 0.333 e. The fourth-order valence-corrected chi connectivity index (χ4v) is 3.83. The van der Waals surface area contributed by atoms with Crippen LogP contribution in [-0.4, -0.2) is 40.1 Å². The molecule has 4 nitrogen and oxygen atoms in total. The van der Waals surface area contributed by atoms with Crippen molar-refractivity contribution in [1.82, 2.24) is 19.8 Å². The maximum Gasteiger partial charge on any atom is 0.0948 e. The minimum absolute atomic E-state index is 0.776. The van der Waals surface area contributed by atoms with Gasteiger partial charge in [0.2, 0.25) is 0 Å². The van der Waals surface area contributed by atoms with Crippen LogP contribution < -0.4 is 5.32 Å². The van der Waals surface area contributed by atoms with Crippen molar-refractivity contribution in [3.05, 3.63) is 18.2 Å². The van der Waals surface area contributed by atoms with Crippen LogP contribution in [0.1, 0.15) is 44.7 Å². The van der Waals surface area contributed by atoms with Crippen LogP contribution in [0.2, 0.25) is 0 Å². The molecule has 1 aromatic rings. The lowest BCUT2D eigenvalue weighted by atomic mass is 9.90. The molecule has 2 saturated heterocycles. The van der Waals surface area contributed by atoms with Gasteiger partial charge in [0.25, 0.3) is 0 Å². The Labute approximate surface area is 122 Å². The van der Waals surface area contributed by atoms with Crippen molar-refractivity contribution in [2.45, 2.75) is 58.2 Å². The van der Waals surface area contributed by atoms with Gasteiger partial charge in [-0.05, 0) is 51.1 Å². The molecule has 112 valence electrons. The standard InChI is InChI=1S/C16H28N4/c1-2-8-20-13-17-10-15(20)12-19-9-4-5-14(11-19)16-6-3-7-18-16/h10,13-14,16,18H,2-9,11-12H2,1H3. The molecule has 2 atom stereocenters. The lowest BCUT2D eigenvalue weighted by Gasteiger charge is -2.35. The molecule has 2 aliphatic heterocycles. The molecule has 3 rings (SSSR count). The fraction of sp³-hybridized carbons (Fsp3) is 0.812. The van der Waals surface area contributed by atoms with E-state index in [2.05, 4.69) is 26.7 Å². The van der Waals surface area contributed by atoms with Crippen LogP contribution in [0.4, 0.5) is 0 Å². The first-order valence-electron chi connectivity index (χ1n) is 8.31. The third kappa shape index (κ3) is 3.23. The molecular formula is C16H28N4. The minimum Gasteiger partial charge on any atom is -0.333 e. The van der Waals surface area contributed by atoms with Crippen molar-refractivity contribution in [2.24, 2.45) is 5.92 Å². The minimum atomic E-state index is 0.776. The number of likely N-dealkylation sites (tertiary alicyclic amines) is 1. The van der Waals surface area contributed by atoms with Gasteiger partial charge in [-0.3, -0.25) is 4.90 Å². The van der Waals surface area contributed by atoms with E-state index >= 15 is 0 Å². The average Bonchev–Trinajstić information content (AvgIpc) is 3.12. The number of piperidine rings is 1. The highest BCUT2D eigenvalue weighted by atomic mass is 15.2. The summed E-state index contributed by atoms with van der Waals surface area (Å²) in [7, 11) is 0. The molecule has 1 N–H and O–H groups in total. The predicted octanol–water partition coefficient (Wildman–Crippen LogP) is 2.26. The quantitative estimate of drug-likeness (QED) is 0.895. The molecule has 0 amide bonds. The number of aryl methyl sites for hydroxylation is 1. The topological polar surface area (TPSA) is 33.1 Å². The third-order valence-electron chi connectivity index (χ3n) is 4.86. The fourth-order valence-electron chi connectivity index (χ4n) is 3.83. The second-order valence-corrected chi connectivity index (χ2v) is 6.42. The summed E-state index contributed by atoms with van der Waals surface area (Å²) in [6.45, 7) is 8.13. The summed E-state index contributed by atoms with van der Waals surface area (Å²) in [5.74, 6) is 0.855. The molecule has 0 aliphatic carbocycles. The van der Waals surface area contributed by atoms with Crippen LogP contribution in [0.5, 0.6) is 0 Å². The Morgan fingerprint density at radius 3 is 3.10 bits per heavy atom. The van der Waals surface area contributed by atoms with E-state index < -0.39 is 0 Å². The van der Waals surface area contributed by atoms with Crippen molar-refractivity contribution in [2.75, 3.05) is 19.6 Å². The summed E-state index contributed by atoms with van der Waals surface area (Å²) < 4.78 is 2.32. The van der Waals surface area contributed by atoms with Gasteiger partial charge in [0.1, 0.15) is 0 Å². The first-order valence-corrected chi connectivity index (χ1v) is 8.31. The smallest absolute Gasteiger partial charge is 0.0948 e. The molecule has 2 unspecified atom stereocenters. The summed E-state index contributed by atoms with van der Waals surface area (Å²) >= 11 is 0. The van der Waals surface area contributed by atoms with Gasteiger partial charge in [-0.25, -0.2) is 4.98 Å². The number of rotatable bonds is 5. The average molecular weight is 276 g/mol. The summed E-state index contributed by atoms with van der Waals surface area (Å²) in [5.41, 5.74) is 1.38. The molecule has 0 bridgehead atoms. The Hall–Kier alpha value is -0.870. The van der Waals surface area contributed by atoms with Crippen LogP contribution in [0.15, 0.2) is 12.5 Å².